The zero-order valence-electron chi connectivity index (χ0n) is 13.3. The number of likely N-dealkylation sites (N-methyl/N-ethyl adjacent to an activating group) is 1. The van der Waals surface area contributed by atoms with Crippen molar-refractivity contribution in [1.29, 1.82) is 0 Å². The quantitative estimate of drug-likeness (QED) is 0.709. The molecule has 0 saturated heterocycles. The second kappa shape index (κ2) is 7.66. The van der Waals surface area contributed by atoms with E-state index in [1.165, 1.54) is 12.0 Å². The van der Waals surface area contributed by atoms with Gasteiger partial charge in [-0.2, -0.15) is 0 Å². The minimum absolute atomic E-state index is 0.283. The molecule has 0 N–H and O–H groups in total. The summed E-state index contributed by atoms with van der Waals surface area (Å²) < 4.78 is 0. The van der Waals surface area contributed by atoms with Gasteiger partial charge < -0.3 is 4.90 Å². The molecular formula is C17H30N2. The minimum atomic E-state index is 0.283. The first-order valence-corrected chi connectivity index (χ1v) is 7.39. The topological polar surface area (TPSA) is 6.48 Å². The molecular weight excluding hydrogens is 232 g/mol. The van der Waals surface area contributed by atoms with Gasteiger partial charge in [0.1, 0.15) is 0 Å². The molecule has 2 nitrogen and oxygen atoms in total. The molecule has 108 valence electrons. The molecule has 0 unspecified atom stereocenters. The Morgan fingerprint density at radius 1 is 0.947 bits per heavy atom. The van der Waals surface area contributed by atoms with E-state index in [4.69, 9.17) is 0 Å². The van der Waals surface area contributed by atoms with E-state index in [-0.39, 0.29) is 5.54 Å². The molecule has 1 aromatic carbocycles. The normalized spacial score (nSPS) is 12.4. The van der Waals surface area contributed by atoms with Crippen LogP contribution in [0.2, 0.25) is 0 Å². The molecule has 1 aromatic rings. The van der Waals surface area contributed by atoms with E-state index >= 15 is 0 Å². The number of hydrogen-bond acceptors (Lipinski definition) is 2. The van der Waals surface area contributed by atoms with Crippen LogP contribution in [-0.2, 0) is 6.42 Å². The first-order valence-electron chi connectivity index (χ1n) is 7.39. The van der Waals surface area contributed by atoms with E-state index in [2.05, 4.69) is 75.0 Å². The lowest BCUT2D eigenvalue weighted by molar-refractivity contribution is 0.107. The van der Waals surface area contributed by atoms with Gasteiger partial charge in [0.2, 0.25) is 0 Å². The van der Waals surface area contributed by atoms with Crippen LogP contribution in [0, 0.1) is 0 Å². The fraction of sp³-hybridized carbons (Fsp3) is 0.647. The summed E-state index contributed by atoms with van der Waals surface area (Å²) in [6, 6.07) is 10.8. The number of hydrogen-bond donors (Lipinski definition) is 0. The van der Waals surface area contributed by atoms with Crippen LogP contribution in [0.3, 0.4) is 0 Å². The highest BCUT2D eigenvalue weighted by atomic mass is 15.2. The largest absolute Gasteiger partial charge is 0.308 e. The summed E-state index contributed by atoms with van der Waals surface area (Å²) in [5.74, 6) is 0. The maximum atomic E-state index is 2.62. The predicted octanol–water partition coefficient (Wildman–Crippen LogP) is 3.28. The Kier molecular flexibility index (Phi) is 6.53. The van der Waals surface area contributed by atoms with Crippen molar-refractivity contribution < 1.29 is 0 Å². The van der Waals surface area contributed by atoms with Gasteiger partial charge in [-0.1, -0.05) is 37.3 Å². The summed E-state index contributed by atoms with van der Waals surface area (Å²) in [5.41, 5.74) is 1.72. The molecule has 19 heavy (non-hydrogen) atoms. The molecule has 1 rings (SSSR count). The van der Waals surface area contributed by atoms with E-state index in [0.717, 1.165) is 26.1 Å². The van der Waals surface area contributed by atoms with Crippen LogP contribution in [0.15, 0.2) is 30.3 Å². The van der Waals surface area contributed by atoms with E-state index in [1.807, 2.05) is 0 Å². The Morgan fingerprint density at radius 3 is 2.11 bits per heavy atom. The van der Waals surface area contributed by atoms with Crippen LogP contribution in [0.4, 0.5) is 0 Å². The van der Waals surface area contributed by atoms with Crippen molar-refractivity contribution in [3.63, 3.8) is 0 Å². The average Bonchev–Trinajstić information content (AvgIpc) is 2.39. The smallest absolute Gasteiger partial charge is 0.0151 e. The molecule has 0 aliphatic heterocycles. The van der Waals surface area contributed by atoms with Gasteiger partial charge in [-0.15, -0.1) is 0 Å². The second-order valence-corrected chi connectivity index (χ2v) is 6.19. The Balaban J connectivity index is 2.58. The zero-order chi connectivity index (χ0) is 14.3. The molecule has 0 amide bonds. The van der Waals surface area contributed by atoms with Gasteiger partial charge in [0.25, 0.3) is 0 Å². The summed E-state index contributed by atoms with van der Waals surface area (Å²) in [6.07, 6.45) is 2.33. The van der Waals surface area contributed by atoms with Gasteiger partial charge in [0.15, 0.2) is 0 Å². The molecule has 0 aliphatic carbocycles. The van der Waals surface area contributed by atoms with Crippen molar-refractivity contribution in [3.8, 4) is 0 Å². The van der Waals surface area contributed by atoms with Crippen molar-refractivity contribution in [3.05, 3.63) is 35.9 Å². The van der Waals surface area contributed by atoms with Gasteiger partial charge in [-0.05, 0) is 46.3 Å². The van der Waals surface area contributed by atoms with Gasteiger partial charge in [-0.3, -0.25) is 4.90 Å². The maximum absolute atomic E-state index is 2.62. The van der Waals surface area contributed by atoms with Gasteiger partial charge in [-0.25, -0.2) is 0 Å². The summed E-state index contributed by atoms with van der Waals surface area (Å²) in [4.78, 5) is 4.89. The monoisotopic (exact) mass is 262 g/mol. The summed E-state index contributed by atoms with van der Waals surface area (Å²) in [5, 5.41) is 0. The van der Waals surface area contributed by atoms with Gasteiger partial charge >= 0.3 is 0 Å². The standard InChI is InChI=1S/C17H30N2/c1-6-17(2,3)19(15-14-18(4)5)13-12-16-10-8-7-9-11-16/h7-11H,6,12-15H2,1-5H3. The van der Waals surface area contributed by atoms with Crippen molar-refractivity contribution in [2.45, 2.75) is 39.2 Å². The predicted molar refractivity (Wildman–Crippen MR) is 84.6 cm³/mol. The Labute approximate surface area is 119 Å². The first kappa shape index (κ1) is 16.2. The second-order valence-electron chi connectivity index (χ2n) is 6.19. The van der Waals surface area contributed by atoms with Crippen LogP contribution >= 0.6 is 0 Å². The lowest BCUT2D eigenvalue weighted by Gasteiger charge is -2.38. The lowest BCUT2D eigenvalue weighted by atomic mass is 9.98. The molecule has 0 aliphatic rings. The highest BCUT2D eigenvalue weighted by molar-refractivity contribution is 5.15. The molecule has 0 bridgehead atoms. The molecule has 0 saturated carbocycles. The van der Waals surface area contributed by atoms with E-state index in [0.29, 0.717) is 0 Å². The zero-order valence-corrected chi connectivity index (χ0v) is 13.3. The number of nitrogens with zero attached hydrogens (tertiary/aromatic N) is 2. The SMILES string of the molecule is CCC(C)(C)N(CCc1ccccc1)CCN(C)C. The summed E-state index contributed by atoms with van der Waals surface area (Å²) in [6.45, 7) is 10.4. The third-order valence-electron chi connectivity index (χ3n) is 4.05. The molecule has 0 fully saturated rings. The van der Waals surface area contributed by atoms with Crippen LogP contribution in [0.1, 0.15) is 32.8 Å². The maximum Gasteiger partial charge on any atom is 0.0151 e. The van der Waals surface area contributed by atoms with Gasteiger partial charge in [0.05, 0.1) is 0 Å². The molecule has 0 spiro atoms. The molecule has 0 heterocycles. The third-order valence-corrected chi connectivity index (χ3v) is 4.05. The van der Waals surface area contributed by atoms with Crippen molar-refractivity contribution in [2.75, 3.05) is 33.7 Å². The van der Waals surface area contributed by atoms with Gasteiger partial charge in [0, 0.05) is 25.2 Å². The first-order chi connectivity index (χ1) is 8.95. The van der Waals surface area contributed by atoms with Crippen LogP contribution in [-0.4, -0.2) is 49.1 Å². The number of benzene rings is 1. The Hall–Kier alpha value is -0.860. The summed E-state index contributed by atoms with van der Waals surface area (Å²) >= 11 is 0. The Morgan fingerprint density at radius 2 is 1.58 bits per heavy atom. The fourth-order valence-corrected chi connectivity index (χ4v) is 2.17. The number of rotatable bonds is 8. The highest BCUT2D eigenvalue weighted by Crippen LogP contribution is 2.18. The molecule has 0 radical (unpaired) electrons. The van der Waals surface area contributed by atoms with Crippen molar-refractivity contribution in [1.82, 2.24) is 9.80 Å². The van der Waals surface area contributed by atoms with Crippen LogP contribution in [0.5, 0.6) is 0 Å². The van der Waals surface area contributed by atoms with Crippen molar-refractivity contribution in [2.24, 2.45) is 0 Å². The molecule has 2 heteroatoms. The van der Waals surface area contributed by atoms with E-state index < -0.39 is 0 Å². The molecule has 0 atom stereocenters. The summed E-state index contributed by atoms with van der Waals surface area (Å²) in [7, 11) is 4.29. The molecule has 0 aromatic heterocycles. The Bertz CT molecular complexity index is 344. The third kappa shape index (κ3) is 5.75. The van der Waals surface area contributed by atoms with E-state index in [1.54, 1.807) is 0 Å². The minimum Gasteiger partial charge on any atom is -0.308 e. The lowest BCUT2D eigenvalue weighted by Crippen LogP contribution is -2.47. The van der Waals surface area contributed by atoms with E-state index in [9.17, 15) is 0 Å². The highest BCUT2D eigenvalue weighted by Gasteiger charge is 2.24. The van der Waals surface area contributed by atoms with Crippen molar-refractivity contribution >= 4 is 0 Å². The van der Waals surface area contributed by atoms with Crippen LogP contribution in [0.25, 0.3) is 0 Å². The average molecular weight is 262 g/mol. The fourth-order valence-electron chi connectivity index (χ4n) is 2.17. The van der Waals surface area contributed by atoms with Crippen LogP contribution < -0.4 is 0 Å².